The molecule has 0 heterocycles. The van der Waals surface area contributed by atoms with Gasteiger partial charge in [0.05, 0.1) is 7.11 Å². The van der Waals surface area contributed by atoms with E-state index in [1.807, 2.05) is 0 Å². The Morgan fingerprint density at radius 3 is 2.32 bits per heavy atom. The molecule has 0 aliphatic rings. The maximum absolute atomic E-state index is 13.0. The average Bonchev–Trinajstić information content (AvgIpc) is 2.55. The van der Waals surface area contributed by atoms with Gasteiger partial charge in [0.15, 0.2) is 5.78 Å². The summed E-state index contributed by atoms with van der Waals surface area (Å²) in [7, 11) is 1.56. The van der Waals surface area contributed by atoms with Crippen LogP contribution in [-0.2, 0) is 4.79 Å². The van der Waals surface area contributed by atoms with Gasteiger partial charge in [-0.05, 0) is 47.9 Å². The molecule has 1 unspecified atom stereocenters. The van der Waals surface area contributed by atoms with Gasteiger partial charge in [0.2, 0.25) is 0 Å². The summed E-state index contributed by atoms with van der Waals surface area (Å²) in [6.45, 7) is 0. The predicted octanol–water partition coefficient (Wildman–Crippen LogP) is 3.78. The third-order valence-electron chi connectivity index (χ3n) is 3.57. The molecule has 114 valence electrons. The Balaban J connectivity index is 2.14. The fourth-order valence-electron chi connectivity index (χ4n) is 2.31. The van der Waals surface area contributed by atoms with Crippen LogP contribution in [0.2, 0.25) is 0 Å². The number of rotatable bonds is 7. The molecule has 3 nitrogen and oxygen atoms in total. The Labute approximate surface area is 128 Å². The van der Waals surface area contributed by atoms with E-state index in [9.17, 15) is 14.0 Å². The molecular formula is C18H17FO3. The Bertz CT molecular complexity index is 632. The van der Waals surface area contributed by atoms with Crippen molar-refractivity contribution in [2.45, 2.75) is 18.8 Å². The largest absolute Gasteiger partial charge is 0.497 e. The Kier molecular flexibility index (Phi) is 5.42. The highest BCUT2D eigenvalue weighted by Crippen LogP contribution is 2.25. The number of ether oxygens (including phenoxy) is 1. The van der Waals surface area contributed by atoms with Crippen molar-refractivity contribution >= 4 is 12.1 Å². The summed E-state index contributed by atoms with van der Waals surface area (Å²) in [5, 5.41) is 0. The summed E-state index contributed by atoms with van der Waals surface area (Å²) >= 11 is 0. The summed E-state index contributed by atoms with van der Waals surface area (Å²) in [6, 6.07) is 12.7. The lowest BCUT2D eigenvalue weighted by atomic mass is 9.89. The predicted molar refractivity (Wildman–Crippen MR) is 81.8 cm³/mol. The molecule has 1 atom stereocenters. The third kappa shape index (κ3) is 4.01. The molecule has 22 heavy (non-hydrogen) atoms. The minimum atomic E-state index is -0.338. The fourth-order valence-corrected chi connectivity index (χ4v) is 2.31. The van der Waals surface area contributed by atoms with Crippen LogP contribution >= 0.6 is 0 Å². The first-order valence-corrected chi connectivity index (χ1v) is 7.00. The molecule has 0 aliphatic carbocycles. The summed E-state index contributed by atoms with van der Waals surface area (Å²) < 4.78 is 18.0. The molecule has 0 saturated carbocycles. The van der Waals surface area contributed by atoms with Gasteiger partial charge >= 0.3 is 0 Å². The van der Waals surface area contributed by atoms with Gasteiger partial charge in [-0.25, -0.2) is 4.39 Å². The number of hydrogen-bond donors (Lipinski definition) is 0. The van der Waals surface area contributed by atoms with Crippen LogP contribution in [0.5, 0.6) is 5.75 Å². The Hall–Kier alpha value is -2.49. The van der Waals surface area contributed by atoms with Crippen LogP contribution in [0.15, 0.2) is 48.5 Å². The number of ketones is 1. The highest BCUT2D eigenvalue weighted by Gasteiger charge is 2.17. The Morgan fingerprint density at radius 1 is 1.14 bits per heavy atom. The lowest BCUT2D eigenvalue weighted by Gasteiger charge is -2.14. The van der Waals surface area contributed by atoms with Crippen molar-refractivity contribution in [1.29, 1.82) is 0 Å². The highest BCUT2D eigenvalue weighted by atomic mass is 19.1. The van der Waals surface area contributed by atoms with E-state index >= 15 is 0 Å². The monoisotopic (exact) mass is 300 g/mol. The van der Waals surface area contributed by atoms with Gasteiger partial charge < -0.3 is 9.53 Å². The van der Waals surface area contributed by atoms with Gasteiger partial charge in [-0.2, -0.15) is 0 Å². The van der Waals surface area contributed by atoms with Crippen LogP contribution in [-0.4, -0.2) is 19.2 Å². The third-order valence-corrected chi connectivity index (χ3v) is 3.57. The minimum Gasteiger partial charge on any atom is -0.497 e. The van der Waals surface area contributed by atoms with E-state index in [4.69, 9.17) is 4.74 Å². The molecule has 0 fully saturated rings. The van der Waals surface area contributed by atoms with E-state index in [0.29, 0.717) is 11.3 Å². The van der Waals surface area contributed by atoms with E-state index in [2.05, 4.69) is 0 Å². The molecule has 0 spiro atoms. The minimum absolute atomic E-state index is 0.0566. The van der Waals surface area contributed by atoms with Gasteiger partial charge in [0, 0.05) is 18.4 Å². The molecule has 2 rings (SSSR count). The van der Waals surface area contributed by atoms with E-state index < -0.39 is 0 Å². The van der Waals surface area contributed by atoms with Crippen molar-refractivity contribution in [2.75, 3.05) is 7.11 Å². The first-order chi connectivity index (χ1) is 10.6. The molecule has 4 heteroatoms. The molecule has 0 aromatic heterocycles. The number of carbonyl (C=O) groups excluding carboxylic acids is 2. The number of benzene rings is 2. The molecule has 2 aromatic rings. The smallest absolute Gasteiger partial charge is 0.163 e. The van der Waals surface area contributed by atoms with Crippen molar-refractivity contribution in [3.05, 3.63) is 65.5 Å². The number of aldehydes is 1. The van der Waals surface area contributed by atoms with Crippen LogP contribution in [0.3, 0.4) is 0 Å². The standard InChI is InChI=1S/C18H17FO3/c1-22-17-8-4-14(5-9-17)18(21)12-15(10-11-20)13-2-6-16(19)7-3-13/h2-9,11,15H,10,12H2,1H3. The highest BCUT2D eigenvalue weighted by molar-refractivity contribution is 5.96. The van der Waals surface area contributed by atoms with Crippen molar-refractivity contribution < 1.29 is 18.7 Å². The van der Waals surface area contributed by atoms with E-state index in [-0.39, 0.29) is 30.4 Å². The zero-order chi connectivity index (χ0) is 15.9. The molecule has 0 saturated heterocycles. The van der Waals surface area contributed by atoms with Crippen LogP contribution in [0.25, 0.3) is 0 Å². The number of hydrogen-bond acceptors (Lipinski definition) is 3. The average molecular weight is 300 g/mol. The van der Waals surface area contributed by atoms with E-state index in [0.717, 1.165) is 11.8 Å². The van der Waals surface area contributed by atoms with Gasteiger partial charge in [-0.3, -0.25) is 4.79 Å². The normalized spacial score (nSPS) is 11.7. The molecule has 0 radical (unpaired) electrons. The molecule has 0 bridgehead atoms. The fraction of sp³-hybridized carbons (Fsp3) is 0.222. The summed E-state index contributed by atoms with van der Waals surface area (Å²) in [5.74, 6) is 0.0427. The molecule has 2 aromatic carbocycles. The van der Waals surface area contributed by atoms with Gasteiger partial charge in [-0.15, -0.1) is 0 Å². The molecular weight excluding hydrogens is 283 g/mol. The Morgan fingerprint density at radius 2 is 1.77 bits per heavy atom. The van der Waals surface area contributed by atoms with Crippen LogP contribution in [0, 0.1) is 5.82 Å². The first kappa shape index (κ1) is 15.9. The molecule has 0 amide bonds. The maximum Gasteiger partial charge on any atom is 0.163 e. The lowest BCUT2D eigenvalue weighted by molar-refractivity contribution is -0.108. The van der Waals surface area contributed by atoms with Gasteiger partial charge in [0.25, 0.3) is 0 Å². The maximum atomic E-state index is 13.0. The van der Waals surface area contributed by atoms with Crippen molar-refractivity contribution in [2.24, 2.45) is 0 Å². The number of methoxy groups -OCH3 is 1. The van der Waals surface area contributed by atoms with Crippen molar-refractivity contribution in [3.8, 4) is 5.75 Å². The summed E-state index contributed by atoms with van der Waals surface area (Å²) in [5.41, 5.74) is 1.36. The van der Waals surface area contributed by atoms with Crippen LogP contribution < -0.4 is 4.74 Å². The summed E-state index contributed by atoms with van der Waals surface area (Å²) in [4.78, 5) is 23.2. The zero-order valence-electron chi connectivity index (χ0n) is 12.3. The van der Waals surface area contributed by atoms with Crippen LogP contribution in [0.1, 0.15) is 34.7 Å². The van der Waals surface area contributed by atoms with E-state index in [1.165, 1.54) is 12.1 Å². The second kappa shape index (κ2) is 7.50. The first-order valence-electron chi connectivity index (χ1n) is 7.00. The second-order valence-corrected chi connectivity index (χ2v) is 5.01. The SMILES string of the molecule is COc1ccc(C(=O)CC(CC=O)c2ccc(F)cc2)cc1. The lowest BCUT2D eigenvalue weighted by Crippen LogP contribution is -2.08. The van der Waals surface area contributed by atoms with Crippen molar-refractivity contribution in [1.82, 2.24) is 0 Å². The quantitative estimate of drug-likeness (QED) is 0.577. The number of halogens is 1. The van der Waals surface area contributed by atoms with E-state index in [1.54, 1.807) is 43.5 Å². The topological polar surface area (TPSA) is 43.4 Å². The zero-order valence-corrected chi connectivity index (χ0v) is 12.3. The van der Waals surface area contributed by atoms with Crippen LogP contribution in [0.4, 0.5) is 4.39 Å². The number of carbonyl (C=O) groups is 2. The number of Topliss-reactive ketones (excluding diaryl/α,β-unsaturated/α-hetero) is 1. The molecule has 0 aliphatic heterocycles. The van der Waals surface area contributed by atoms with Gasteiger partial charge in [-0.1, -0.05) is 12.1 Å². The molecule has 0 N–H and O–H groups in total. The van der Waals surface area contributed by atoms with Crippen molar-refractivity contribution in [3.63, 3.8) is 0 Å². The summed E-state index contributed by atoms with van der Waals surface area (Å²) in [6.07, 6.45) is 1.22. The second-order valence-electron chi connectivity index (χ2n) is 5.01. The van der Waals surface area contributed by atoms with Gasteiger partial charge in [0.1, 0.15) is 17.9 Å².